The number of anilines is 3. The van der Waals surface area contributed by atoms with E-state index in [4.69, 9.17) is 10.5 Å². The van der Waals surface area contributed by atoms with E-state index in [0.717, 1.165) is 20.4 Å². The number of nitrogens with two attached hydrogens (primary N) is 1. The fourth-order valence-electron chi connectivity index (χ4n) is 1.42. The van der Waals surface area contributed by atoms with Crippen molar-refractivity contribution in [2.75, 3.05) is 18.2 Å². The third-order valence-electron chi connectivity index (χ3n) is 2.28. The van der Waals surface area contributed by atoms with E-state index in [0.29, 0.717) is 11.5 Å². The summed E-state index contributed by atoms with van der Waals surface area (Å²) in [5.41, 5.74) is 7.13. The molecule has 94 valence electrons. The average Bonchev–Trinajstić information content (AvgIpc) is 2.35. The van der Waals surface area contributed by atoms with Gasteiger partial charge in [0.05, 0.1) is 27.9 Å². The summed E-state index contributed by atoms with van der Waals surface area (Å²) >= 11 is 6.81. The van der Waals surface area contributed by atoms with Gasteiger partial charge in [0.15, 0.2) is 0 Å². The molecule has 0 saturated carbocycles. The SMILES string of the molecule is COc1cc(Nc2ncc(N)cc2Br)ccc1Br. The van der Waals surface area contributed by atoms with Crippen LogP contribution in [0.4, 0.5) is 17.2 Å². The number of pyridine rings is 1. The molecular formula is C12H11Br2N3O. The fraction of sp³-hybridized carbons (Fsp3) is 0.0833. The summed E-state index contributed by atoms with van der Waals surface area (Å²) in [7, 11) is 1.63. The number of aromatic nitrogens is 1. The molecule has 1 aromatic carbocycles. The predicted molar refractivity (Wildman–Crippen MR) is 80.3 cm³/mol. The Kier molecular flexibility index (Phi) is 4.08. The van der Waals surface area contributed by atoms with Crippen LogP contribution in [-0.4, -0.2) is 12.1 Å². The first-order valence-corrected chi connectivity index (χ1v) is 6.70. The van der Waals surface area contributed by atoms with Crippen LogP contribution in [0.5, 0.6) is 5.75 Å². The summed E-state index contributed by atoms with van der Waals surface area (Å²) in [6.45, 7) is 0. The van der Waals surface area contributed by atoms with Gasteiger partial charge >= 0.3 is 0 Å². The predicted octanol–water partition coefficient (Wildman–Crippen LogP) is 3.94. The molecule has 0 aliphatic rings. The van der Waals surface area contributed by atoms with Gasteiger partial charge in [0, 0.05) is 11.8 Å². The highest BCUT2D eigenvalue weighted by molar-refractivity contribution is 9.11. The van der Waals surface area contributed by atoms with Crippen LogP contribution in [0, 0.1) is 0 Å². The van der Waals surface area contributed by atoms with Crippen LogP contribution in [0.15, 0.2) is 39.4 Å². The molecule has 0 amide bonds. The van der Waals surface area contributed by atoms with Crippen molar-refractivity contribution in [3.63, 3.8) is 0 Å². The highest BCUT2D eigenvalue weighted by Gasteiger charge is 2.05. The van der Waals surface area contributed by atoms with E-state index in [1.807, 2.05) is 18.2 Å². The summed E-state index contributed by atoms with van der Waals surface area (Å²) in [4.78, 5) is 4.22. The Bertz CT molecular complexity index is 575. The van der Waals surface area contributed by atoms with Crippen LogP contribution in [0.25, 0.3) is 0 Å². The first-order valence-electron chi connectivity index (χ1n) is 5.11. The second kappa shape index (κ2) is 5.58. The molecule has 4 nitrogen and oxygen atoms in total. The molecule has 0 aliphatic heterocycles. The Balaban J connectivity index is 2.28. The maximum Gasteiger partial charge on any atom is 0.144 e. The number of halogens is 2. The molecule has 6 heteroatoms. The highest BCUT2D eigenvalue weighted by Crippen LogP contribution is 2.31. The normalized spacial score (nSPS) is 10.2. The van der Waals surface area contributed by atoms with Crippen LogP contribution in [0.2, 0.25) is 0 Å². The minimum Gasteiger partial charge on any atom is -0.495 e. The van der Waals surface area contributed by atoms with Crippen molar-refractivity contribution >= 4 is 49.1 Å². The van der Waals surface area contributed by atoms with E-state index < -0.39 is 0 Å². The first kappa shape index (κ1) is 13.2. The lowest BCUT2D eigenvalue weighted by Gasteiger charge is -2.10. The van der Waals surface area contributed by atoms with Crippen LogP contribution < -0.4 is 15.8 Å². The zero-order valence-electron chi connectivity index (χ0n) is 9.58. The molecule has 0 bridgehead atoms. The Morgan fingerprint density at radius 3 is 2.67 bits per heavy atom. The molecule has 1 heterocycles. The van der Waals surface area contributed by atoms with Crippen LogP contribution in [-0.2, 0) is 0 Å². The van der Waals surface area contributed by atoms with Gasteiger partial charge in [-0.25, -0.2) is 4.98 Å². The zero-order valence-corrected chi connectivity index (χ0v) is 12.7. The molecule has 1 aromatic heterocycles. The molecular weight excluding hydrogens is 362 g/mol. The number of nitrogens with one attached hydrogen (secondary N) is 1. The lowest BCUT2D eigenvalue weighted by molar-refractivity contribution is 0.412. The van der Waals surface area contributed by atoms with Gasteiger partial charge in [-0.1, -0.05) is 0 Å². The van der Waals surface area contributed by atoms with Gasteiger partial charge in [0.25, 0.3) is 0 Å². The molecule has 0 aliphatic carbocycles. The number of hydrogen-bond acceptors (Lipinski definition) is 4. The molecule has 18 heavy (non-hydrogen) atoms. The third-order valence-corrected chi connectivity index (χ3v) is 3.54. The maximum absolute atomic E-state index is 5.64. The van der Waals surface area contributed by atoms with E-state index in [9.17, 15) is 0 Å². The van der Waals surface area contributed by atoms with Gasteiger partial charge in [-0.2, -0.15) is 0 Å². The summed E-state index contributed by atoms with van der Waals surface area (Å²) < 4.78 is 6.95. The lowest BCUT2D eigenvalue weighted by atomic mass is 10.3. The van der Waals surface area contributed by atoms with Crippen LogP contribution in [0.1, 0.15) is 0 Å². The monoisotopic (exact) mass is 371 g/mol. The number of methoxy groups -OCH3 is 1. The van der Waals surface area contributed by atoms with Crippen molar-refractivity contribution in [2.24, 2.45) is 0 Å². The largest absolute Gasteiger partial charge is 0.495 e. The van der Waals surface area contributed by atoms with E-state index in [2.05, 4.69) is 42.2 Å². The molecule has 0 fully saturated rings. The minimum atomic E-state index is 0.612. The molecule has 0 unspecified atom stereocenters. The second-order valence-electron chi connectivity index (χ2n) is 3.57. The molecule has 0 saturated heterocycles. The van der Waals surface area contributed by atoms with Gasteiger partial charge in [0.2, 0.25) is 0 Å². The molecule has 0 atom stereocenters. The highest BCUT2D eigenvalue weighted by atomic mass is 79.9. The molecule has 2 rings (SSSR count). The standard InChI is InChI=1S/C12H11Br2N3O/c1-18-11-5-8(2-3-9(11)13)17-12-10(14)4-7(15)6-16-12/h2-6H,15H2,1H3,(H,16,17). The number of nitrogens with zero attached hydrogens (tertiary/aromatic N) is 1. The molecule has 2 aromatic rings. The number of hydrogen-bond donors (Lipinski definition) is 2. The van der Waals surface area contributed by atoms with Gasteiger partial charge in [0.1, 0.15) is 11.6 Å². The summed E-state index contributed by atoms with van der Waals surface area (Å²) in [5.74, 6) is 1.46. The van der Waals surface area contributed by atoms with Crippen molar-refractivity contribution in [1.82, 2.24) is 4.98 Å². The van der Waals surface area contributed by atoms with E-state index >= 15 is 0 Å². The van der Waals surface area contributed by atoms with Crippen molar-refractivity contribution < 1.29 is 4.74 Å². The average molecular weight is 373 g/mol. The molecule has 0 spiro atoms. The fourth-order valence-corrected chi connectivity index (χ4v) is 2.29. The second-order valence-corrected chi connectivity index (χ2v) is 5.28. The number of nitrogen functional groups attached to an aromatic ring is 1. The van der Waals surface area contributed by atoms with Gasteiger partial charge in [-0.3, -0.25) is 0 Å². The number of benzene rings is 1. The maximum atomic E-state index is 5.64. The lowest BCUT2D eigenvalue weighted by Crippen LogP contribution is -1.97. The van der Waals surface area contributed by atoms with Crippen LogP contribution in [0.3, 0.4) is 0 Å². The van der Waals surface area contributed by atoms with Crippen LogP contribution >= 0.6 is 31.9 Å². The topological polar surface area (TPSA) is 60.2 Å². The van der Waals surface area contributed by atoms with E-state index in [1.54, 1.807) is 19.4 Å². The van der Waals surface area contributed by atoms with Crippen molar-refractivity contribution in [3.05, 3.63) is 39.4 Å². The quantitative estimate of drug-likeness (QED) is 0.856. The van der Waals surface area contributed by atoms with Gasteiger partial charge in [-0.15, -0.1) is 0 Å². The Morgan fingerprint density at radius 1 is 1.22 bits per heavy atom. The van der Waals surface area contributed by atoms with Gasteiger partial charge in [-0.05, 0) is 50.1 Å². The summed E-state index contributed by atoms with van der Waals surface area (Å²) in [5, 5.41) is 3.19. The first-order chi connectivity index (χ1) is 8.60. The van der Waals surface area contributed by atoms with Crippen molar-refractivity contribution in [3.8, 4) is 5.75 Å². The van der Waals surface area contributed by atoms with Gasteiger partial charge < -0.3 is 15.8 Å². The van der Waals surface area contributed by atoms with E-state index in [-0.39, 0.29) is 0 Å². The molecule has 3 N–H and O–H groups in total. The minimum absolute atomic E-state index is 0.612. The Morgan fingerprint density at radius 2 is 2.00 bits per heavy atom. The summed E-state index contributed by atoms with van der Waals surface area (Å²) in [6.07, 6.45) is 1.60. The van der Waals surface area contributed by atoms with Crippen molar-refractivity contribution in [1.29, 1.82) is 0 Å². The third kappa shape index (κ3) is 2.94. The zero-order chi connectivity index (χ0) is 13.1. The van der Waals surface area contributed by atoms with Crippen molar-refractivity contribution in [2.45, 2.75) is 0 Å². The number of rotatable bonds is 3. The van der Waals surface area contributed by atoms with E-state index in [1.165, 1.54) is 0 Å². The smallest absolute Gasteiger partial charge is 0.144 e. The molecule has 0 radical (unpaired) electrons. The Hall–Kier alpha value is -1.27. The Labute approximate surface area is 122 Å². The number of ether oxygens (including phenoxy) is 1. The summed E-state index contributed by atoms with van der Waals surface area (Å²) in [6, 6.07) is 7.52.